The van der Waals surface area contributed by atoms with Gasteiger partial charge in [-0.15, -0.1) is 0 Å². The predicted octanol–water partition coefficient (Wildman–Crippen LogP) is 2.49. The van der Waals surface area contributed by atoms with Crippen molar-refractivity contribution < 1.29 is 0 Å². The molecule has 0 bridgehead atoms. The van der Waals surface area contributed by atoms with Gasteiger partial charge in [0.2, 0.25) is 0 Å². The summed E-state index contributed by atoms with van der Waals surface area (Å²) in [6.07, 6.45) is 0. The first-order chi connectivity index (χ1) is 6.16. The van der Waals surface area contributed by atoms with Crippen LogP contribution in [-0.4, -0.2) is 4.98 Å². The highest BCUT2D eigenvalue weighted by molar-refractivity contribution is 6.30. The summed E-state index contributed by atoms with van der Waals surface area (Å²) >= 11 is 5.71. The van der Waals surface area contributed by atoms with Gasteiger partial charge in [0.15, 0.2) is 0 Å². The number of aromatic nitrogens is 1. The summed E-state index contributed by atoms with van der Waals surface area (Å²) in [6.45, 7) is 1.95. The number of pyridine rings is 1. The molecule has 3 heteroatoms. The third-order valence-corrected chi connectivity index (χ3v) is 2.17. The van der Waals surface area contributed by atoms with Gasteiger partial charge in [-0.25, -0.2) is 0 Å². The molecule has 2 nitrogen and oxygen atoms in total. The molecular formula is C10H8ClNO. The highest BCUT2D eigenvalue weighted by Gasteiger charge is 1.99. The Morgan fingerprint density at radius 1 is 1.31 bits per heavy atom. The van der Waals surface area contributed by atoms with Crippen LogP contribution in [0, 0.1) is 6.92 Å². The third-order valence-electron chi connectivity index (χ3n) is 1.97. The minimum absolute atomic E-state index is 0.133. The quantitative estimate of drug-likeness (QED) is 0.641. The Labute approximate surface area is 80.2 Å². The van der Waals surface area contributed by atoms with Gasteiger partial charge in [-0.3, -0.25) is 4.79 Å². The Morgan fingerprint density at radius 3 is 2.85 bits per heavy atom. The summed E-state index contributed by atoms with van der Waals surface area (Å²) in [7, 11) is 0. The Bertz CT molecular complexity index is 516. The maximum atomic E-state index is 11.4. The van der Waals surface area contributed by atoms with E-state index in [0.29, 0.717) is 10.5 Å². The van der Waals surface area contributed by atoms with Crippen LogP contribution in [0.25, 0.3) is 10.8 Å². The molecule has 0 saturated carbocycles. The van der Waals surface area contributed by atoms with E-state index in [1.165, 1.54) is 0 Å². The molecular weight excluding hydrogens is 186 g/mol. The van der Waals surface area contributed by atoms with Gasteiger partial charge in [0, 0.05) is 5.39 Å². The molecule has 66 valence electrons. The lowest BCUT2D eigenvalue weighted by Gasteiger charge is -1.98. The van der Waals surface area contributed by atoms with Crippen LogP contribution in [-0.2, 0) is 0 Å². The number of hydrogen-bond donors (Lipinski definition) is 1. The maximum absolute atomic E-state index is 11.4. The first-order valence-electron chi connectivity index (χ1n) is 3.96. The third kappa shape index (κ3) is 1.45. The van der Waals surface area contributed by atoms with Crippen molar-refractivity contribution in [3.05, 3.63) is 45.3 Å². The van der Waals surface area contributed by atoms with Crippen LogP contribution in [0.2, 0.25) is 5.15 Å². The summed E-state index contributed by atoms with van der Waals surface area (Å²) in [4.78, 5) is 14.0. The smallest absolute Gasteiger partial charge is 0.256 e. The second-order valence-electron chi connectivity index (χ2n) is 3.04. The monoisotopic (exact) mass is 193 g/mol. The molecule has 13 heavy (non-hydrogen) atoms. The van der Waals surface area contributed by atoms with Gasteiger partial charge in [0.1, 0.15) is 5.15 Å². The van der Waals surface area contributed by atoms with Gasteiger partial charge in [0.25, 0.3) is 5.56 Å². The first kappa shape index (κ1) is 8.32. The normalized spacial score (nSPS) is 10.6. The molecule has 0 spiro atoms. The standard InChI is InChI=1S/C10H8ClNO/c1-6-2-3-7-5-9(11)12-10(13)8(7)4-6/h2-5H,1H3,(H,12,13). The number of aromatic amines is 1. The van der Waals surface area contributed by atoms with Crippen molar-refractivity contribution in [1.82, 2.24) is 4.98 Å². The number of rotatable bonds is 0. The molecule has 1 heterocycles. The predicted molar refractivity (Wildman–Crippen MR) is 54.3 cm³/mol. The van der Waals surface area contributed by atoms with Gasteiger partial charge >= 0.3 is 0 Å². The Balaban J connectivity index is 2.95. The molecule has 2 aromatic rings. The molecule has 0 fully saturated rings. The summed E-state index contributed by atoms with van der Waals surface area (Å²) in [5.41, 5.74) is 0.937. The average Bonchev–Trinajstić information content (AvgIpc) is 2.06. The second kappa shape index (κ2) is 2.89. The fourth-order valence-corrected chi connectivity index (χ4v) is 1.54. The first-order valence-corrected chi connectivity index (χ1v) is 4.34. The lowest BCUT2D eigenvalue weighted by atomic mass is 10.1. The number of fused-ring (bicyclic) bond motifs is 1. The van der Waals surface area contributed by atoms with E-state index in [4.69, 9.17) is 11.6 Å². The minimum Gasteiger partial charge on any atom is -0.312 e. The van der Waals surface area contributed by atoms with E-state index in [2.05, 4.69) is 4.98 Å². The number of halogens is 1. The lowest BCUT2D eigenvalue weighted by Crippen LogP contribution is -2.05. The molecule has 0 aliphatic rings. The molecule has 0 saturated heterocycles. The molecule has 1 aromatic carbocycles. The van der Waals surface area contributed by atoms with Crippen molar-refractivity contribution in [3.63, 3.8) is 0 Å². The number of benzene rings is 1. The molecule has 1 N–H and O–H groups in total. The molecule has 0 radical (unpaired) electrons. The van der Waals surface area contributed by atoms with E-state index >= 15 is 0 Å². The zero-order chi connectivity index (χ0) is 9.42. The van der Waals surface area contributed by atoms with Crippen molar-refractivity contribution in [2.45, 2.75) is 6.92 Å². The van der Waals surface area contributed by atoms with Gasteiger partial charge in [-0.1, -0.05) is 29.3 Å². The number of nitrogens with one attached hydrogen (secondary N) is 1. The van der Waals surface area contributed by atoms with E-state index in [1.54, 1.807) is 6.07 Å². The van der Waals surface area contributed by atoms with Crippen molar-refractivity contribution in [2.24, 2.45) is 0 Å². The summed E-state index contributed by atoms with van der Waals surface area (Å²) in [5.74, 6) is 0. The Kier molecular flexibility index (Phi) is 1.85. The van der Waals surface area contributed by atoms with Crippen LogP contribution in [0.15, 0.2) is 29.1 Å². The highest BCUT2D eigenvalue weighted by atomic mass is 35.5. The van der Waals surface area contributed by atoms with Crippen LogP contribution in [0.4, 0.5) is 0 Å². The van der Waals surface area contributed by atoms with Gasteiger partial charge < -0.3 is 4.98 Å². The van der Waals surface area contributed by atoms with Crippen LogP contribution >= 0.6 is 11.6 Å². The van der Waals surface area contributed by atoms with Crippen molar-refractivity contribution in [1.29, 1.82) is 0 Å². The fraction of sp³-hybridized carbons (Fsp3) is 0.100. The van der Waals surface area contributed by atoms with Crippen molar-refractivity contribution in [3.8, 4) is 0 Å². The second-order valence-corrected chi connectivity index (χ2v) is 3.44. The minimum atomic E-state index is -0.133. The van der Waals surface area contributed by atoms with E-state index < -0.39 is 0 Å². The van der Waals surface area contributed by atoms with E-state index in [0.717, 1.165) is 10.9 Å². The van der Waals surface area contributed by atoms with E-state index in [-0.39, 0.29) is 5.56 Å². The highest BCUT2D eigenvalue weighted by Crippen LogP contribution is 2.14. The maximum Gasteiger partial charge on any atom is 0.256 e. The van der Waals surface area contributed by atoms with Gasteiger partial charge in [-0.05, 0) is 24.4 Å². The fourth-order valence-electron chi connectivity index (χ4n) is 1.34. The average molecular weight is 194 g/mol. The SMILES string of the molecule is Cc1ccc2cc(Cl)[nH]c(=O)c2c1. The summed E-state index contributed by atoms with van der Waals surface area (Å²) in [6, 6.07) is 7.45. The van der Waals surface area contributed by atoms with Crippen LogP contribution < -0.4 is 5.56 Å². The van der Waals surface area contributed by atoms with Crippen molar-refractivity contribution in [2.75, 3.05) is 0 Å². The summed E-state index contributed by atoms with van der Waals surface area (Å²) in [5, 5.41) is 1.94. The number of H-pyrrole nitrogens is 1. The van der Waals surface area contributed by atoms with Gasteiger partial charge in [-0.2, -0.15) is 0 Å². The van der Waals surface area contributed by atoms with Crippen LogP contribution in [0.5, 0.6) is 0 Å². The van der Waals surface area contributed by atoms with Crippen molar-refractivity contribution >= 4 is 22.4 Å². The topological polar surface area (TPSA) is 32.9 Å². The molecule has 0 aliphatic carbocycles. The Hall–Kier alpha value is -1.28. The van der Waals surface area contributed by atoms with Gasteiger partial charge in [0.05, 0.1) is 0 Å². The zero-order valence-corrected chi connectivity index (χ0v) is 7.85. The lowest BCUT2D eigenvalue weighted by molar-refractivity contribution is 1.27. The van der Waals surface area contributed by atoms with Crippen LogP contribution in [0.1, 0.15) is 5.56 Å². The molecule has 0 amide bonds. The number of aryl methyl sites for hydroxylation is 1. The summed E-state index contributed by atoms with van der Waals surface area (Å²) < 4.78 is 0. The molecule has 0 unspecified atom stereocenters. The van der Waals surface area contributed by atoms with Crippen LogP contribution in [0.3, 0.4) is 0 Å². The Morgan fingerprint density at radius 2 is 2.08 bits per heavy atom. The largest absolute Gasteiger partial charge is 0.312 e. The molecule has 0 atom stereocenters. The van der Waals surface area contributed by atoms with E-state index in [9.17, 15) is 4.79 Å². The van der Waals surface area contributed by atoms with E-state index in [1.807, 2.05) is 25.1 Å². The molecule has 2 rings (SSSR count). The zero-order valence-electron chi connectivity index (χ0n) is 7.10. The number of hydrogen-bond acceptors (Lipinski definition) is 1. The molecule has 0 aliphatic heterocycles. The molecule has 1 aromatic heterocycles.